The van der Waals surface area contributed by atoms with Crippen LogP contribution in [0.25, 0.3) is 22.2 Å². The van der Waals surface area contributed by atoms with E-state index in [-0.39, 0.29) is 0 Å². The van der Waals surface area contributed by atoms with Gasteiger partial charge in [-0.15, -0.1) is 0 Å². The van der Waals surface area contributed by atoms with E-state index in [0.29, 0.717) is 11.6 Å². The zero-order chi connectivity index (χ0) is 12.8. The molecule has 1 aliphatic rings. The number of para-hydroxylation sites is 1. The maximum Gasteiger partial charge on any atom is 0.129 e. The van der Waals surface area contributed by atoms with Crippen LogP contribution < -0.4 is 4.74 Å². The van der Waals surface area contributed by atoms with Crippen molar-refractivity contribution >= 4 is 22.5 Å². The lowest BCUT2D eigenvalue weighted by Crippen LogP contribution is -2.07. The topological polar surface area (TPSA) is 22.1 Å². The van der Waals surface area contributed by atoms with E-state index in [9.17, 15) is 0 Å². The van der Waals surface area contributed by atoms with Gasteiger partial charge >= 0.3 is 0 Å². The minimum absolute atomic E-state index is 0.557. The Hall–Kier alpha value is -2.06. The molecule has 4 rings (SSSR count). The summed E-state index contributed by atoms with van der Waals surface area (Å²) in [5, 5.41) is 1.83. The number of pyridine rings is 1. The summed E-state index contributed by atoms with van der Waals surface area (Å²) in [4.78, 5) is 4.76. The van der Waals surface area contributed by atoms with E-state index in [1.54, 1.807) is 0 Å². The molecule has 0 unspecified atom stereocenters. The standard InChI is InChI=1S/C16H10ClNO/c17-12-5-6-15-13(8-12)16-11(9-19-15)7-10-3-1-2-4-14(10)18-16/h1-8H,9H2. The largest absolute Gasteiger partial charge is 0.488 e. The molecule has 0 radical (unpaired) electrons. The van der Waals surface area contributed by atoms with Crippen molar-refractivity contribution in [3.05, 3.63) is 59.1 Å². The highest BCUT2D eigenvalue weighted by Gasteiger charge is 2.19. The molecule has 19 heavy (non-hydrogen) atoms. The van der Waals surface area contributed by atoms with E-state index in [0.717, 1.165) is 33.5 Å². The first-order chi connectivity index (χ1) is 9.31. The van der Waals surface area contributed by atoms with Crippen LogP contribution in [0.3, 0.4) is 0 Å². The van der Waals surface area contributed by atoms with Crippen molar-refractivity contribution in [3.63, 3.8) is 0 Å². The monoisotopic (exact) mass is 267 g/mol. The van der Waals surface area contributed by atoms with Crippen LogP contribution in [0.1, 0.15) is 5.56 Å². The normalized spacial score (nSPS) is 12.7. The van der Waals surface area contributed by atoms with E-state index in [1.165, 1.54) is 0 Å². The van der Waals surface area contributed by atoms with E-state index >= 15 is 0 Å². The highest BCUT2D eigenvalue weighted by molar-refractivity contribution is 6.31. The van der Waals surface area contributed by atoms with E-state index in [1.807, 2.05) is 36.4 Å². The van der Waals surface area contributed by atoms with Crippen molar-refractivity contribution in [1.29, 1.82) is 0 Å². The number of nitrogens with zero attached hydrogens (tertiary/aromatic N) is 1. The molecule has 0 saturated heterocycles. The second kappa shape index (κ2) is 3.97. The van der Waals surface area contributed by atoms with Gasteiger partial charge in [-0.05, 0) is 30.3 Å². The van der Waals surface area contributed by atoms with Gasteiger partial charge in [0.05, 0.1) is 11.2 Å². The Morgan fingerprint density at radius 1 is 1.05 bits per heavy atom. The number of rotatable bonds is 0. The Morgan fingerprint density at radius 3 is 2.89 bits per heavy atom. The highest BCUT2D eigenvalue weighted by atomic mass is 35.5. The number of ether oxygens (including phenoxy) is 1. The smallest absolute Gasteiger partial charge is 0.129 e. The van der Waals surface area contributed by atoms with Gasteiger partial charge in [-0.3, -0.25) is 0 Å². The molecule has 0 bridgehead atoms. The second-order valence-electron chi connectivity index (χ2n) is 4.62. The lowest BCUT2D eigenvalue weighted by atomic mass is 10.0. The van der Waals surface area contributed by atoms with Crippen molar-refractivity contribution in [2.24, 2.45) is 0 Å². The van der Waals surface area contributed by atoms with Gasteiger partial charge in [0.15, 0.2) is 0 Å². The van der Waals surface area contributed by atoms with Gasteiger partial charge in [0, 0.05) is 21.5 Å². The van der Waals surface area contributed by atoms with Crippen LogP contribution >= 0.6 is 11.6 Å². The van der Waals surface area contributed by atoms with Crippen molar-refractivity contribution < 1.29 is 4.74 Å². The Bertz CT molecular complexity index is 798. The summed E-state index contributed by atoms with van der Waals surface area (Å²) in [6, 6.07) is 15.9. The minimum Gasteiger partial charge on any atom is -0.488 e. The van der Waals surface area contributed by atoms with Gasteiger partial charge in [-0.1, -0.05) is 29.8 Å². The van der Waals surface area contributed by atoms with Gasteiger partial charge in [0.2, 0.25) is 0 Å². The Morgan fingerprint density at radius 2 is 1.95 bits per heavy atom. The number of fused-ring (bicyclic) bond motifs is 4. The highest BCUT2D eigenvalue weighted by Crippen LogP contribution is 2.38. The average Bonchev–Trinajstić information content (AvgIpc) is 2.45. The summed E-state index contributed by atoms with van der Waals surface area (Å²) >= 11 is 6.08. The van der Waals surface area contributed by atoms with Crippen molar-refractivity contribution in [2.75, 3.05) is 0 Å². The number of hydrogen-bond acceptors (Lipinski definition) is 2. The second-order valence-corrected chi connectivity index (χ2v) is 5.05. The van der Waals surface area contributed by atoms with Gasteiger partial charge in [-0.2, -0.15) is 0 Å². The maximum absolute atomic E-state index is 6.08. The maximum atomic E-state index is 6.08. The molecule has 0 N–H and O–H groups in total. The fourth-order valence-electron chi connectivity index (χ4n) is 2.47. The van der Waals surface area contributed by atoms with E-state index < -0.39 is 0 Å². The van der Waals surface area contributed by atoms with Crippen LogP contribution in [0.4, 0.5) is 0 Å². The first-order valence-corrected chi connectivity index (χ1v) is 6.50. The third kappa shape index (κ3) is 1.68. The fourth-order valence-corrected chi connectivity index (χ4v) is 2.64. The number of hydrogen-bond donors (Lipinski definition) is 0. The summed E-state index contributed by atoms with van der Waals surface area (Å²) in [6.07, 6.45) is 0. The zero-order valence-electron chi connectivity index (χ0n) is 10.1. The van der Waals surface area contributed by atoms with Gasteiger partial charge in [0.25, 0.3) is 0 Å². The molecular weight excluding hydrogens is 258 g/mol. The molecule has 0 fully saturated rings. The molecule has 1 aliphatic heterocycles. The lowest BCUT2D eigenvalue weighted by molar-refractivity contribution is 0.302. The van der Waals surface area contributed by atoms with Crippen LogP contribution in [0.2, 0.25) is 5.02 Å². The minimum atomic E-state index is 0.557. The molecule has 0 atom stereocenters. The fraction of sp³-hybridized carbons (Fsp3) is 0.0625. The quantitative estimate of drug-likeness (QED) is 0.600. The summed E-state index contributed by atoms with van der Waals surface area (Å²) in [6.45, 7) is 0.557. The molecule has 2 heterocycles. The zero-order valence-corrected chi connectivity index (χ0v) is 10.8. The summed E-state index contributed by atoms with van der Waals surface area (Å²) in [5.41, 5.74) is 4.05. The number of benzene rings is 2. The Balaban J connectivity index is 2.05. The molecule has 0 amide bonds. The molecule has 0 saturated carbocycles. The third-order valence-corrected chi connectivity index (χ3v) is 3.62. The molecule has 2 aromatic carbocycles. The lowest BCUT2D eigenvalue weighted by Gasteiger charge is -2.20. The predicted octanol–water partition coefficient (Wildman–Crippen LogP) is 4.45. The molecule has 1 aromatic heterocycles. The van der Waals surface area contributed by atoms with Crippen molar-refractivity contribution in [3.8, 4) is 17.0 Å². The predicted molar refractivity (Wildman–Crippen MR) is 76.5 cm³/mol. The Labute approximate surface area is 115 Å². The third-order valence-electron chi connectivity index (χ3n) is 3.38. The van der Waals surface area contributed by atoms with Crippen LogP contribution in [0.5, 0.6) is 5.75 Å². The van der Waals surface area contributed by atoms with Crippen molar-refractivity contribution in [2.45, 2.75) is 6.61 Å². The Kier molecular flexibility index (Phi) is 2.26. The van der Waals surface area contributed by atoms with Gasteiger partial charge < -0.3 is 4.74 Å². The molecular formula is C16H10ClNO. The first-order valence-electron chi connectivity index (χ1n) is 6.13. The molecule has 3 aromatic rings. The molecule has 2 nitrogen and oxygen atoms in total. The summed E-state index contributed by atoms with van der Waals surface area (Å²) in [7, 11) is 0. The molecule has 0 aliphatic carbocycles. The first kappa shape index (κ1) is 10.8. The van der Waals surface area contributed by atoms with Crippen LogP contribution in [-0.4, -0.2) is 4.98 Å². The molecule has 0 spiro atoms. The molecule has 92 valence electrons. The SMILES string of the molecule is Clc1ccc2c(c1)-c1nc3ccccc3cc1CO2. The summed E-state index contributed by atoms with van der Waals surface area (Å²) < 4.78 is 5.76. The van der Waals surface area contributed by atoms with Crippen LogP contribution in [0, 0.1) is 0 Å². The average molecular weight is 268 g/mol. The van der Waals surface area contributed by atoms with Crippen molar-refractivity contribution in [1.82, 2.24) is 4.98 Å². The van der Waals surface area contributed by atoms with Crippen LogP contribution in [-0.2, 0) is 6.61 Å². The van der Waals surface area contributed by atoms with Crippen LogP contribution in [0.15, 0.2) is 48.5 Å². The number of halogens is 1. The van der Waals surface area contributed by atoms with E-state index in [2.05, 4.69) is 12.1 Å². The van der Waals surface area contributed by atoms with Gasteiger partial charge in [0.1, 0.15) is 12.4 Å². The molecule has 3 heteroatoms. The van der Waals surface area contributed by atoms with E-state index in [4.69, 9.17) is 21.3 Å². The summed E-state index contributed by atoms with van der Waals surface area (Å²) in [5.74, 6) is 0.847. The number of aromatic nitrogens is 1. The van der Waals surface area contributed by atoms with Gasteiger partial charge in [-0.25, -0.2) is 4.98 Å².